The lowest BCUT2D eigenvalue weighted by Crippen LogP contribution is -2.33. The molecule has 0 saturated carbocycles. The van der Waals surface area contributed by atoms with Crippen LogP contribution in [0.2, 0.25) is 0 Å². The van der Waals surface area contributed by atoms with Gasteiger partial charge < -0.3 is 5.11 Å². The predicted octanol–water partition coefficient (Wildman–Crippen LogP) is 3.12. The van der Waals surface area contributed by atoms with Crippen molar-refractivity contribution in [3.63, 3.8) is 0 Å². The molecule has 0 unspecified atom stereocenters. The van der Waals surface area contributed by atoms with Crippen molar-refractivity contribution in [2.24, 2.45) is 0 Å². The van der Waals surface area contributed by atoms with Gasteiger partial charge in [-0.1, -0.05) is 54.6 Å². The van der Waals surface area contributed by atoms with E-state index < -0.39 is 6.10 Å². The van der Waals surface area contributed by atoms with Gasteiger partial charge in [0.05, 0.1) is 6.10 Å². The number of nitrogens with zero attached hydrogens (tertiary/aromatic N) is 1. The van der Waals surface area contributed by atoms with Gasteiger partial charge in [-0.15, -0.1) is 0 Å². The second kappa shape index (κ2) is 5.16. The third-order valence-corrected chi connectivity index (χ3v) is 4.04. The van der Waals surface area contributed by atoms with Crippen LogP contribution in [-0.4, -0.2) is 16.0 Å². The molecule has 0 spiro atoms. The zero-order chi connectivity index (χ0) is 13.2. The molecular formula is C17H19NO. The molecular weight excluding hydrogens is 234 g/mol. The van der Waals surface area contributed by atoms with Crippen molar-refractivity contribution in [3.05, 3.63) is 71.3 Å². The lowest BCUT2D eigenvalue weighted by molar-refractivity contribution is 0.0559. The van der Waals surface area contributed by atoms with E-state index in [2.05, 4.69) is 36.1 Å². The fourth-order valence-corrected chi connectivity index (χ4v) is 2.78. The molecule has 2 heteroatoms. The van der Waals surface area contributed by atoms with Gasteiger partial charge in [-0.3, -0.25) is 4.90 Å². The predicted molar refractivity (Wildman–Crippen MR) is 76.6 cm³/mol. The first-order valence-corrected chi connectivity index (χ1v) is 6.79. The highest BCUT2D eigenvalue weighted by molar-refractivity contribution is 5.30. The highest BCUT2D eigenvalue weighted by atomic mass is 16.3. The Kier molecular flexibility index (Phi) is 3.36. The summed E-state index contributed by atoms with van der Waals surface area (Å²) in [5, 5.41) is 10.5. The standard InChI is InChI=1S/C17H19NO/c1-13(17(19)14-7-3-2-4-8-14)18-11-15-9-5-6-10-16(15)12-18/h2-10,13,17,19H,11-12H2,1H3/t13-,17-/m0/s1. The van der Waals surface area contributed by atoms with Crippen molar-refractivity contribution >= 4 is 0 Å². The number of rotatable bonds is 3. The van der Waals surface area contributed by atoms with E-state index in [0.717, 1.165) is 18.7 Å². The van der Waals surface area contributed by atoms with Gasteiger partial charge >= 0.3 is 0 Å². The van der Waals surface area contributed by atoms with E-state index in [0.29, 0.717) is 0 Å². The Morgan fingerprint density at radius 2 is 1.42 bits per heavy atom. The first kappa shape index (κ1) is 12.4. The van der Waals surface area contributed by atoms with Crippen LogP contribution in [0.15, 0.2) is 54.6 Å². The van der Waals surface area contributed by atoms with Crippen LogP contribution in [0.3, 0.4) is 0 Å². The third kappa shape index (κ3) is 2.42. The Labute approximate surface area is 114 Å². The van der Waals surface area contributed by atoms with Gasteiger partial charge in [-0.2, -0.15) is 0 Å². The number of aliphatic hydroxyl groups is 1. The lowest BCUT2D eigenvalue weighted by atomic mass is 10.0. The fraction of sp³-hybridized carbons (Fsp3) is 0.294. The summed E-state index contributed by atoms with van der Waals surface area (Å²) in [5.74, 6) is 0. The lowest BCUT2D eigenvalue weighted by Gasteiger charge is -2.28. The van der Waals surface area contributed by atoms with E-state index >= 15 is 0 Å². The molecule has 2 aromatic carbocycles. The van der Waals surface area contributed by atoms with Gasteiger partial charge in [0.2, 0.25) is 0 Å². The van der Waals surface area contributed by atoms with Crippen molar-refractivity contribution in [2.45, 2.75) is 32.2 Å². The molecule has 0 saturated heterocycles. The average molecular weight is 253 g/mol. The van der Waals surface area contributed by atoms with E-state index in [9.17, 15) is 5.11 Å². The average Bonchev–Trinajstić information content (AvgIpc) is 2.90. The van der Waals surface area contributed by atoms with E-state index in [1.165, 1.54) is 11.1 Å². The Hall–Kier alpha value is -1.64. The molecule has 2 aromatic rings. The van der Waals surface area contributed by atoms with Crippen LogP contribution in [0.25, 0.3) is 0 Å². The highest BCUT2D eigenvalue weighted by Crippen LogP contribution is 2.29. The molecule has 0 amide bonds. The minimum Gasteiger partial charge on any atom is -0.387 e. The maximum absolute atomic E-state index is 10.5. The molecule has 0 bridgehead atoms. The molecule has 0 fully saturated rings. The fourth-order valence-electron chi connectivity index (χ4n) is 2.78. The first-order valence-electron chi connectivity index (χ1n) is 6.79. The molecule has 19 heavy (non-hydrogen) atoms. The molecule has 3 rings (SSSR count). The second-order valence-electron chi connectivity index (χ2n) is 5.27. The zero-order valence-corrected chi connectivity index (χ0v) is 11.2. The van der Waals surface area contributed by atoms with Gasteiger partial charge in [-0.05, 0) is 23.6 Å². The topological polar surface area (TPSA) is 23.5 Å². The smallest absolute Gasteiger partial charge is 0.0942 e. The molecule has 1 aliphatic rings. The molecule has 98 valence electrons. The quantitative estimate of drug-likeness (QED) is 0.908. The van der Waals surface area contributed by atoms with Crippen molar-refractivity contribution in [1.29, 1.82) is 0 Å². The normalized spacial score (nSPS) is 18.0. The molecule has 1 aliphatic heterocycles. The van der Waals surface area contributed by atoms with E-state index in [1.807, 2.05) is 30.3 Å². The third-order valence-electron chi connectivity index (χ3n) is 4.04. The number of benzene rings is 2. The van der Waals surface area contributed by atoms with Crippen LogP contribution in [0, 0.1) is 0 Å². The van der Waals surface area contributed by atoms with E-state index in [-0.39, 0.29) is 6.04 Å². The summed E-state index contributed by atoms with van der Waals surface area (Å²) in [7, 11) is 0. The van der Waals surface area contributed by atoms with E-state index in [4.69, 9.17) is 0 Å². The number of aliphatic hydroxyl groups excluding tert-OH is 1. The zero-order valence-electron chi connectivity index (χ0n) is 11.2. The Morgan fingerprint density at radius 3 is 2.00 bits per heavy atom. The maximum atomic E-state index is 10.5. The monoisotopic (exact) mass is 253 g/mol. The van der Waals surface area contributed by atoms with Gasteiger partial charge in [0.1, 0.15) is 0 Å². The number of hydrogen-bond acceptors (Lipinski definition) is 2. The van der Waals surface area contributed by atoms with Crippen LogP contribution < -0.4 is 0 Å². The molecule has 0 aliphatic carbocycles. The number of fused-ring (bicyclic) bond motifs is 1. The Bertz CT molecular complexity index is 527. The maximum Gasteiger partial charge on any atom is 0.0942 e. The minimum atomic E-state index is -0.435. The summed E-state index contributed by atoms with van der Waals surface area (Å²) in [4.78, 5) is 2.34. The van der Waals surface area contributed by atoms with Gasteiger partial charge in [-0.25, -0.2) is 0 Å². The molecule has 1 N–H and O–H groups in total. The minimum absolute atomic E-state index is 0.120. The van der Waals surface area contributed by atoms with Crippen LogP contribution in [0.1, 0.15) is 29.7 Å². The van der Waals surface area contributed by atoms with Crippen LogP contribution in [0.4, 0.5) is 0 Å². The SMILES string of the molecule is C[C@@H]([C@H](O)c1ccccc1)N1Cc2ccccc2C1. The van der Waals surface area contributed by atoms with Crippen molar-refractivity contribution in [3.8, 4) is 0 Å². The summed E-state index contributed by atoms with van der Waals surface area (Å²) in [6.45, 7) is 3.96. The van der Waals surface area contributed by atoms with Crippen LogP contribution in [0.5, 0.6) is 0 Å². The van der Waals surface area contributed by atoms with Crippen molar-refractivity contribution in [1.82, 2.24) is 4.90 Å². The Balaban J connectivity index is 1.75. The Morgan fingerprint density at radius 1 is 0.895 bits per heavy atom. The van der Waals surface area contributed by atoms with Crippen LogP contribution >= 0.6 is 0 Å². The summed E-state index contributed by atoms with van der Waals surface area (Å²) in [5.41, 5.74) is 3.76. The number of hydrogen-bond donors (Lipinski definition) is 1. The van der Waals surface area contributed by atoms with E-state index in [1.54, 1.807) is 0 Å². The molecule has 0 aromatic heterocycles. The summed E-state index contributed by atoms with van der Waals surface area (Å²) in [6, 6.07) is 18.6. The van der Waals surface area contributed by atoms with Gasteiger partial charge in [0, 0.05) is 19.1 Å². The van der Waals surface area contributed by atoms with Gasteiger partial charge in [0.25, 0.3) is 0 Å². The highest BCUT2D eigenvalue weighted by Gasteiger charge is 2.27. The summed E-state index contributed by atoms with van der Waals surface area (Å²) in [6.07, 6.45) is -0.435. The molecule has 2 atom stereocenters. The summed E-state index contributed by atoms with van der Waals surface area (Å²) >= 11 is 0. The molecule has 1 heterocycles. The molecule has 2 nitrogen and oxygen atoms in total. The van der Waals surface area contributed by atoms with Crippen LogP contribution in [-0.2, 0) is 13.1 Å². The second-order valence-corrected chi connectivity index (χ2v) is 5.27. The first-order chi connectivity index (χ1) is 9.25. The van der Waals surface area contributed by atoms with Gasteiger partial charge in [0.15, 0.2) is 0 Å². The van der Waals surface area contributed by atoms with Crippen molar-refractivity contribution < 1.29 is 5.11 Å². The van der Waals surface area contributed by atoms with Crippen molar-refractivity contribution in [2.75, 3.05) is 0 Å². The summed E-state index contributed by atoms with van der Waals surface area (Å²) < 4.78 is 0. The largest absolute Gasteiger partial charge is 0.387 e. The molecule has 0 radical (unpaired) electrons.